The van der Waals surface area contributed by atoms with Crippen LogP contribution in [0.3, 0.4) is 0 Å². The number of hydrogen-bond acceptors (Lipinski definition) is 4. The average Bonchev–Trinajstić information content (AvgIpc) is 3.75. The molecule has 6 rings (SSSR count). The number of hydrogen-bond donors (Lipinski definition) is 0. The molecule has 38 heavy (non-hydrogen) atoms. The van der Waals surface area contributed by atoms with Gasteiger partial charge < -0.3 is 9.80 Å². The summed E-state index contributed by atoms with van der Waals surface area (Å²) in [6.07, 6.45) is 4.92. The van der Waals surface area contributed by atoms with Crippen LogP contribution in [0.25, 0.3) is 10.8 Å². The zero-order valence-corrected chi connectivity index (χ0v) is 20.5. The molecule has 0 N–H and O–H groups in total. The van der Waals surface area contributed by atoms with Crippen molar-refractivity contribution in [3.8, 4) is 0 Å². The highest BCUT2D eigenvalue weighted by atomic mass is 19.1. The quantitative estimate of drug-likeness (QED) is 0.325. The fraction of sp³-hybridized carbons (Fsp3) is 0.281. The van der Waals surface area contributed by atoms with Gasteiger partial charge in [0.15, 0.2) is 0 Å². The summed E-state index contributed by atoms with van der Waals surface area (Å²) >= 11 is 0. The van der Waals surface area contributed by atoms with E-state index in [1.807, 2.05) is 53.6 Å². The molecule has 2 fully saturated rings. The molecular formula is C32H32FN3O2. The maximum Gasteiger partial charge on any atom is 0.253 e. The number of pyridine rings is 1. The van der Waals surface area contributed by atoms with Gasteiger partial charge in [0.1, 0.15) is 11.6 Å². The maximum absolute atomic E-state index is 13.2. The van der Waals surface area contributed by atoms with E-state index >= 15 is 0 Å². The van der Waals surface area contributed by atoms with Crippen LogP contribution in [0.5, 0.6) is 0 Å². The van der Waals surface area contributed by atoms with Gasteiger partial charge in [-0.25, -0.2) is 4.39 Å². The number of aromatic nitrogens is 1. The Morgan fingerprint density at radius 3 is 2.34 bits per heavy atom. The molecule has 4 aromatic rings. The van der Waals surface area contributed by atoms with Gasteiger partial charge in [-0.2, -0.15) is 0 Å². The van der Waals surface area contributed by atoms with E-state index < -0.39 is 0 Å². The summed E-state index contributed by atoms with van der Waals surface area (Å²) in [6.45, 7) is 2.69. The smallest absolute Gasteiger partial charge is 0.253 e. The van der Waals surface area contributed by atoms with E-state index in [0.29, 0.717) is 25.1 Å². The molecule has 2 atom stereocenters. The first-order valence-corrected chi connectivity index (χ1v) is 12.8. The van der Waals surface area contributed by atoms with Gasteiger partial charge in [-0.15, -0.1) is 0 Å². The highest BCUT2D eigenvalue weighted by Gasteiger charge is 2.43. The number of piperazine rings is 1. The average molecular weight is 510 g/mol. The lowest BCUT2D eigenvalue weighted by Gasteiger charge is -2.36. The molecular weight excluding hydrogens is 477 g/mol. The Morgan fingerprint density at radius 1 is 0.868 bits per heavy atom. The third kappa shape index (κ3) is 5.30. The molecule has 194 valence electrons. The topological polar surface area (TPSA) is 53.5 Å². The summed E-state index contributed by atoms with van der Waals surface area (Å²) in [4.78, 5) is 34.2. The van der Waals surface area contributed by atoms with Crippen molar-refractivity contribution in [2.75, 3.05) is 31.1 Å². The summed E-state index contributed by atoms with van der Waals surface area (Å²) in [5.74, 6) is 0.346. The van der Waals surface area contributed by atoms with Crippen molar-refractivity contribution in [3.05, 3.63) is 108 Å². The molecule has 1 saturated carbocycles. The standard InChI is InChI=1S/C31H28FN3O2.CH4/c32-26-7-9-27(10-8-26)34-13-15-35(16-14-34)31(37)23-5-3-22(4-6-23)28-19-29(28)30(36)18-21-1-2-25-20-33-12-11-24(25)17-21;/h1-12,17,20,28-29H,13-16,18-19H2;1H4/t28-,29+;/m0./s1. The largest absolute Gasteiger partial charge is 0.368 e. The first-order chi connectivity index (χ1) is 18.0. The lowest BCUT2D eigenvalue weighted by molar-refractivity contribution is -0.119. The molecule has 1 aliphatic carbocycles. The summed E-state index contributed by atoms with van der Waals surface area (Å²) in [5, 5.41) is 2.18. The lowest BCUT2D eigenvalue weighted by atomic mass is 10.00. The van der Waals surface area contributed by atoms with Gasteiger partial charge in [-0.3, -0.25) is 14.6 Å². The zero-order chi connectivity index (χ0) is 25.4. The van der Waals surface area contributed by atoms with Gasteiger partial charge in [-0.05, 0) is 71.3 Å². The fourth-order valence-corrected chi connectivity index (χ4v) is 5.37. The lowest BCUT2D eigenvalue weighted by Crippen LogP contribution is -2.48. The van der Waals surface area contributed by atoms with Crippen molar-refractivity contribution in [1.29, 1.82) is 0 Å². The van der Waals surface area contributed by atoms with Crippen LogP contribution in [-0.4, -0.2) is 47.8 Å². The second kappa shape index (κ2) is 10.7. The Bertz CT molecular complexity index is 1440. The molecule has 0 spiro atoms. The maximum atomic E-state index is 13.2. The van der Waals surface area contributed by atoms with Gasteiger partial charge in [0, 0.05) is 67.5 Å². The van der Waals surface area contributed by atoms with Crippen molar-refractivity contribution in [3.63, 3.8) is 0 Å². The minimum Gasteiger partial charge on any atom is -0.368 e. The number of ketones is 1. The fourth-order valence-electron chi connectivity index (χ4n) is 5.37. The van der Waals surface area contributed by atoms with E-state index in [9.17, 15) is 14.0 Å². The van der Waals surface area contributed by atoms with Crippen LogP contribution in [0.2, 0.25) is 0 Å². The summed E-state index contributed by atoms with van der Waals surface area (Å²) in [7, 11) is 0. The van der Waals surface area contributed by atoms with Crippen molar-refractivity contribution < 1.29 is 14.0 Å². The number of anilines is 1. The van der Waals surface area contributed by atoms with E-state index in [4.69, 9.17) is 0 Å². The zero-order valence-electron chi connectivity index (χ0n) is 20.5. The SMILES string of the molecule is C.O=C(Cc1ccc2cnccc2c1)[C@@H]1C[C@H]1c1ccc(C(=O)N2CCN(c3ccc(F)cc3)CC2)cc1. The minimum absolute atomic E-state index is 0. The molecule has 1 aliphatic heterocycles. The second-order valence-corrected chi connectivity index (χ2v) is 10.0. The van der Waals surface area contributed by atoms with Crippen LogP contribution < -0.4 is 4.90 Å². The number of rotatable bonds is 6. The van der Waals surface area contributed by atoms with Gasteiger partial charge in [0.25, 0.3) is 5.91 Å². The first kappa shape index (κ1) is 25.6. The molecule has 6 heteroatoms. The second-order valence-electron chi connectivity index (χ2n) is 10.0. The molecule has 1 saturated heterocycles. The van der Waals surface area contributed by atoms with Crippen LogP contribution in [0.4, 0.5) is 10.1 Å². The van der Waals surface area contributed by atoms with Crippen molar-refractivity contribution in [2.45, 2.75) is 26.2 Å². The highest BCUT2D eigenvalue weighted by Crippen LogP contribution is 2.48. The summed E-state index contributed by atoms with van der Waals surface area (Å²) in [5.41, 5.74) is 3.81. The molecule has 3 aromatic carbocycles. The van der Waals surface area contributed by atoms with Crippen LogP contribution in [0.15, 0.2) is 85.2 Å². The predicted octanol–water partition coefficient (Wildman–Crippen LogP) is 5.89. The highest BCUT2D eigenvalue weighted by molar-refractivity contribution is 5.94. The van der Waals surface area contributed by atoms with Gasteiger partial charge >= 0.3 is 0 Å². The molecule has 1 amide bonds. The van der Waals surface area contributed by atoms with E-state index in [-0.39, 0.29) is 36.8 Å². The molecule has 0 unspecified atom stereocenters. The number of carbonyl (C=O) groups excluding carboxylic acids is 2. The number of carbonyl (C=O) groups is 2. The van der Waals surface area contributed by atoms with E-state index in [0.717, 1.165) is 47.1 Å². The summed E-state index contributed by atoms with van der Waals surface area (Å²) in [6, 6.07) is 22.4. The Kier molecular flexibility index (Phi) is 7.23. The molecule has 2 aliphatic rings. The van der Waals surface area contributed by atoms with Crippen LogP contribution in [0.1, 0.15) is 41.3 Å². The third-order valence-corrected chi connectivity index (χ3v) is 7.63. The molecule has 1 aromatic heterocycles. The number of halogens is 1. The number of amides is 1. The number of nitrogens with zero attached hydrogens (tertiary/aromatic N) is 3. The minimum atomic E-state index is -0.245. The molecule has 0 radical (unpaired) electrons. The molecule has 0 bridgehead atoms. The van der Waals surface area contributed by atoms with Crippen LogP contribution in [0, 0.1) is 11.7 Å². The van der Waals surface area contributed by atoms with Crippen LogP contribution in [-0.2, 0) is 11.2 Å². The number of Topliss-reactive ketones (excluding diaryl/α,β-unsaturated/α-hetero) is 1. The first-order valence-electron chi connectivity index (χ1n) is 12.8. The van der Waals surface area contributed by atoms with Crippen molar-refractivity contribution in [2.24, 2.45) is 5.92 Å². The summed E-state index contributed by atoms with van der Waals surface area (Å²) < 4.78 is 13.2. The number of fused-ring (bicyclic) bond motifs is 1. The Morgan fingerprint density at radius 2 is 1.61 bits per heavy atom. The normalized spacial score (nSPS) is 18.7. The Labute approximate surface area is 222 Å². The van der Waals surface area contributed by atoms with Gasteiger partial charge in [0.2, 0.25) is 0 Å². The van der Waals surface area contributed by atoms with Crippen molar-refractivity contribution >= 4 is 28.2 Å². The van der Waals surface area contributed by atoms with E-state index in [2.05, 4.69) is 16.0 Å². The van der Waals surface area contributed by atoms with Gasteiger partial charge in [-0.1, -0.05) is 37.8 Å². The predicted molar refractivity (Wildman–Crippen MR) is 149 cm³/mol. The van der Waals surface area contributed by atoms with E-state index in [1.54, 1.807) is 18.3 Å². The van der Waals surface area contributed by atoms with Crippen molar-refractivity contribution in [1.82, 2.24) is 9.88 Å². The van der Waals surface area contributed by atoms with Gasteiger partial charge in [0.05, 0.1) is 0 Å². The monoisotopic (exact) mass is 509 g/mol. The number of benzene rings is 3. The Hall–Kier alpha value is -4.06. The molecule has 2 heterocycles. The molecule has 5 nitrogen and oxygen atoms in total. The Balaban J connectivity index is 0.00000294. The third-order valence-electron chi connectivity index (χ3n) is 7.63. The van der Waals surface area contributed by atoms with Crippen LogP contribution >= 0.6 is 0 Å². The van der Waals surface area contributed by atoms with E-state index in [1.165, 1.54) is 12.1 Å².